The zero-order chi connectivity index (χ0) is 18.0. The number of halogens is 3. The zero-order valence-electron chi connectivity index (χ0n) is 13.9. The van der Waals surface area contributed by atoms with E-state index >= 15 is 0 Å². The molecule has 2 atom stereocenters. The molecule has 138 valence electrons. The van der Waals surface area contributed by atoms with Crippen LogP contribution < -0.4 is 14.8 Å². The molecule has 2 aliphatic rings. The molecule has 2 heterocycles. The van der Waals surface area contributed by atoms with Gasteiger partial charge < -0.3 is 14.8 Å². The van der Waals surface area contributed by atoms with E-state index in [4.69, 9.17) is 9.47 Å². The van der Waals surface area contributed by atoms with Gasteiger partial charge in [0.15, 0.2) is 11.5 Å². The highest BCUT2D eigenvalue weighted by molar-refractivity contribution is 5.73. The van der Waals surface area contributed by atoms with E-state index in [0.29, 0.717) is 36.7 Å². The van der Waals surface area contributed by atoms with Gasteiger partial charge in [0.2, 0.25) is 5.91 Å². The van der Waals surface area contributed by atoms with Crippen molar-refractivity contribution in [1.29, 1.82) is 0 Å². The molecule has 0 spiro atoms. The lowest BCUT2D eigenvalue weighted by atomic mass is 9.96. The van der Waals surface area contributed by atoms with E-state index in [1.807, 2.05) is 0 Å². The monoisotopic (exact) mass is 358 g/mol. The second-order valence-electron chi connectivity index (χ2n) is 6.40. The van der Waals surface area contributed by atoms with E-state index in [1.54, 1.807) is 18.2 Å². The Bertz CT molecular complexity index is 636. The number of carbonyl (C=O) groups excluding carboxylic acids is 1. The molecule has 1 N–H and O–H groups in total. The highest BCUT2D eigenvalue weighted by Crippen LogP contribution is 2.37. The molecule has 1 amide bonds. The van der Waals surface area contributed by atoms with Crippen molar-refractivity contribution in [3.8, 4) is 11.5 Å². The average molecular weight is 358 g/mol. The Morgan fingerprint density at radius 1 is 1.28 bits per heavy atom. The van der Waals surface area contributed by atoms with E-state index < -0.39 is 12.2 Å². The lowest BCUT2D eigenvalue weighted by molar-refractivity contribution is -0.194. The molecule has 0 saturated carbocycles. The molecule has 0 radical (unpaired) electrons. The van der Waals surface area contributed by atoms with Crippen LogP contribution in [0.2, 0.25) is 0 Å². The summed E-state index contributed by atoms with van der Waals surface area (Å²) >= 11 is 0. The fraction of sp³-hybridized carbons (Fsp3) is 0.588. The van der Waals surface area contributed by atoms with Gasteiger partial charge in [-0.2, -0.15) is 13.2 Å². The van der Waals surface area contributed by atoms with Gasteiger partial charge in [-0.3, -0.25) is 9.69 Å². The molecule has 8 heteroatoms. The predicted octanol–water partition coefficient (Wildman–Crippen LogP) is 2.49. The van der Waals surface area contributed by atoms with Crippen LogP contribution >= 0.6 is 0 Å². The molecular formula is C17H21F3N2O3. The van der Waals surface area contributed by atoms with Crippen molar-refractivity contribution in [1.82, 2.24) is 10.2 Å². The SMILES string of the molecule is CC(=O)N[C@H]1CC[C@H](C(F)(F)F)N(Cc2cccc3c2OCCO3)C1. The Morgan fingerprint density at radius 3 is 2.76 bits per heavy atom. The van der Waals surface area contributed by atoms with Crippen molar-refractivity contribution < 1.29 is 27.4 Å². The molecule has 0 bridgehead atoms. The number of carbonyl (C=O) groups is 1. The van der Waals surface area contributed by atoms with Crippen molar-refractivity contribution in [2.24, 2.45) is 0 Å². The van der Waals surface area contributed by atoms with E-state index in [2.05, 4.69) is 5.32 Å². The van der Waals surface area contributed by atoms with E-state index in [-0.39, 0.29) is 31.5 Å². The van der Waals surface area contributed by atoms with E-state index in [0.717, 1.165) is 0 Å². The zero-order valence-corrected chi connectivity index (χ0v) is 13.9. The molecule has 0 aliphatic carbocycles. The summed E-state index contributed by atoms with van der Waals surface area (Å²) in [5.41, 5.74) is 0.662. The van der Waals surface area contributed by atoms with Crippen LogP contribution in [0, 0.1) is 0 Å². The van der Waals surface area contributed by atoms with Gasteiger partial charge in [0.25, 0.3) is 0 Å². The van der Waals surface area contributed by atoms with Crippen LogP contribution in [0.25, 0.3) is 0 Å². The molecule has 1 fully saturated rings. The number of nitrogens with zero attached hydrogens (tertiary/aromatic N) is 1. The molecule has 25 heavy (non-hydrogen) atoms. The van der Waals surface area contributed by atoms with Crippen molar-refractivity contribution in [3.05, 3.63) is 23.8 Å². The molecule has 0 unspecified atom stereocenters. The molecule has 2 aliphatic heterocycles. The highest BCUT2D eigenvalue weighted by atomic mass is 19.4. The number of rotatable bonds is 3. The summed E-state index contributed by atoms with van der Waals surface area (Å²) in [5.74, 6) is 0.836. The molecule has 1 aromatic carbocycles. The van der Waals surface area contributed by atoms with Gasteiger partial charge in [0.1, 0.15) is 19.3 Å². The fourth-order valence-corrected chi connectivity index (χ4v) is 3.47. The molecule has 1 saturated heterocycles. The smallest absolute Gasteiger partial charge is 0.404 e. The first-order valence-electron chi connectivity index (χ1n) is 8.30. The second-order valence-corrected chi connectivity index (χ2v) is 6.40. The number of alkyl halides is 3. The Kier molecular flexibility index (Phi) is 5.08. The maximum atomic E-state index is 13.4. The Balaban J connectivity index is 1.82. The standard InChI is InChI=1S/C17H21F3N2O3/c1-11(23)21-13-5-6-15(17(18,19)20)22(10-13)9-12-3-2-4-14-16(12)25-8-7-24-14/h2-4,13,15H,5-10H2,1H3,(H,21,23)/t13-,15+/m0/s1. The van der Waals surface area contributed by atoms with Crippen molar-refractivity contribution in [3.63, 3.8) is 0 Å². The summed E-state index contributed by atoms with van der Waals surface area (Å²) in [6.45, 7) is 2.41. The summed E-state index contributed by atoms with van der Waals surface area (Å²) in [5, 5.41) is 2.73. The maximum Gasteiger partial charge on any atom is 0.404 e. The Morgan fingerprint density at radius 2 is 2.04 bits per heavy atom. The largest absolute Gasteiger partial charge is 0.486 e. The summed E-state index contributed by atoms with van der Waals surface area (Å²) < 4.78 is 51.4. The first-order valence-corrected chi connectivity index (χ1v) is 8.30. The number of hydrogen-bond donors (Lipinski definition) is 1. The third-order valence-corrected chi connectivity index (χ3v) is 4.49. The number of fused-ring (bicyclic) bond motifs is 1. The average Bonchev–Trinajstić information content (AvgIpc) is 2.54. The lowest BCUT2D eigenvalue weighted by Gasteiger charge is -2.40. The molecule has 0 aromatic heterocycles. The van der Waals surface area contributed by atoms with Crippen molar-refractivity contribution >= 4 is 5.91 Å². The lowest BCUT2D eigenvalue weighted by Crippen LogP contribution is -2.55. The topological polar surface area (TPSA) is 50.8 Å². The van der Waals surface area contributed by atoms with Crippen LogP contribution in [0.3, 0.4) is 0 Å². The fourth-order valence-electron chi connectivity index (χ4n) is 3.47. The third kappa shape index (κ3) is 4.18. The number of amides is 1. The number of hydrogen-bond acceptors (Lipinski definition) is 4. The minimum atomic E-state index is -4.31. The van der Waals surface area contributed by atoms with E-state index in [9.17, 15) is 18.0 Å². The first kappa shape index (κ1) is 17.8. The van der Waals surface area contributed by atoms with E-state index in [1.165, 1.54) is 11.8 Å². The summed E-state index contributed by atoms with van der Waals surface area (Å²) in [6, 6.07) is 3.44. The van der Waals surface area contributed by atoms with Crippen LogP contribution in [0.1, 0.15) is 25.3 Å². The molecule has 5 nitrogen and oxygen atoms in total. The van der Waals surface area contributed by atoms with Gasteiger partial charge in [-0.15, -0.1) is 0 Å². The molecule has 1 aromatic rings. The number of benzene rings is 1. The van der Waals surface area contributed by atoms with Gasteiger partial charge in [-0.1, -0.05) is 12.1 Å². The maximum absolute atomic E-state index is 13.4. The van der Waals surface area contributed by atoms with Crippen LogP contribution in [0.5, 0.6) is 11.5 Å². The summed E-state index contributed by atoms with van der Waals surface area (Å²) in [4.78, 5) is 12.6. The number of piperidine rings is 1. The van der Waals surface area contributed by atoms with Gasteiger partial charge >= 0.3 is 6.18 Å². The predicted molar refractivity (Wildman–Crippen MR) is 84.5 cm³/mol. The van der Waals surface area contributed by atoms with Crippen LogP contribution in [0.15, 0.2) is 18.2 Å². The van der Waals surface area contributed by atoms with Crippen LogP contribution in [-0.4, -0.2) is 48.8 Å². The first-order chi connectivity index (χ1) is 11.8. The van der Waals surface area contributed by atoms with Crippen LogP contribution in [-0.2, 0) is 11.3 Å². The second kappa shape index (κ2) is 7.11. The normalized spacial score (nSPS) is 24.0. The molecule has 3 rings (SSSR count). The summed E-state index contributed by atoms with van der Waals surface area (Å²) in [6.07, 6.45) is -4.04. The number of nitrogens with one attached hydrogen (secondary N) is 1. The Labute approximate surface area is 144 Å². The minimum Gasteiger partial charge on any atom is -0.486 e. The molecular weight excluding hydrogens is 337 g/mol. The number of para-hydroxylation sites is 1. The quantitative estimate of drug-likeness (QED) is 0.902. The third-order valence-electron chi connectivity index (χ3n) is 4.49. The van der Waals surface area contributed by atoms with Gasteiger partial charge in [0, 0.05) is 31.6 Å². The van der Waals surface area contributed by atoms with Gasteiger partial charge in [-0.05, 0) is 18.9 Å². The summed E-state index contributed by atoms with van der Waals surface area (Å²) in [7, 11) is 0. The van der Waals surface area contributed by atoms with Crippen molar-refractivity contribution in [2.75, 3.05) is 19.8 Å². The highest BCUT2D eigenvalue weighted by Gasteiger charge is 2.46. The van der Waals surface area contributed by atoms with Gasteiger partial charge in [-0.25, -0.2) is 0 Å². The number of likely N-dealkylation sites (tertiary alicyclic amines) is 1. The number of ether oxygens (including phenoxy) is 2. The van der Waals surface area contributed by atoms with Crippen LogP contribution in [0.4, 0.5) is 13.2 Å². The Hall–Kier alpha value is -1.96. The van der Waals surface area contributed by atoms with Gasteiger partial charge in [0.05, 0.1) is 0 Å². The minimum absolute atomic E-state index is 0.0408. The van der Waals surface area contributed by atoms with Crippen molar-refractivity contribution in [2.45, 2.75) is 44.6 Å².